The number of rotatable bonds is 2. The third-order valence-electron chi connectivity index (χ3n) is 3.56. The highest BCUT2D eigenvalue weighted by molar-refractivity contribution is 5.28. The van der Waals surface area contributed by atoms with Gasteiger partial charge in [-0.05, 0) is 19.3 Å². The highest BCUT2D eigenvalue weighted by Crippen LogP contribution is 2.32. The van der Waals surface area contributed by atoms with Gasteiger partial charge in [0, 0.05) is 30.7 Å². The molecule has 0 aliphatic carbocycles. The second-order valence-corrected chi connectivity index (χ2v) is 4.66. The van der Waals surface area contributed by atoms with E-state index < -0.39 is 0 Å². The Kier molecular flexibility index (Phi) is 1.99. The van der Waals surface area contributed by atoms with Crippen LogP contribution in [0.15, 0.2) is 4.79 Å². The zero-order valence-corrected chi connectivity index (χ0v) is 9.05. The van der Waals surface area contributed by atoms with Gasteiger partial charge in [0.05, 0.1) is 5.56 Å². The average molecular weight is 207 g/mol. The van der Waals surface area contributed by atoms with Gasteiger partial charge in [-0.2, -0.15) is 0 Å². The summed E-state index contributed by atoms with van der Waals surface area (Å²) < 4.78 is 1.77. The van der Waals surface area contributed by atoms with Gasteiger partial charge in [-0.25, -0.2) is 0 Å². The van der Waals surface area contributed by atoms with Gasteiger partial charge in [0.15, 0.2) is 0 Å². The molecule has 2 aliphatic rings. The minimum Gasteiger partial charge on any atom is -0.307 e. The Bertz CT molecular complexity index is 432. The quantitative estimate of drug-likeness (QED) is 0.758. The second kappa shape index (κ2) is 3.23. The second-order valence-electron chi connectivity index (χ2n) is 4.66. The van der Waals surface area contributed by atoms with Crippen LogP contribution < -0.4 is 10.9 Å². The fourth-order valence-electron chi connectivity index (χ4n) is 2.90. The fraction of sp³-hybridized carbons (Fsp3) is 0.727. The van der Waals surface area contributed by atoms with Crippen molar-refractivity contribution in [2.45, 2.75) is 51.2 Å². The predicted octanol–water partition coefficient (Wildman–Crippen LogP) is 0.936. The Morgan fingerprint density at radius 3 is 3.13 bits per heavy atom. The Morgan fingerprint density at radius 2 is 2.33 bits per heavy atom. The molecule has 1 fully saturated rings. The van der Waals surface area contributed by atoms with Gasteiger partial charge in [0.25, 0.3) is 5.56 Å². The number of aromatic nitrogens is 2. The molecular formula is C11H17N3O. The van der Waals surface area contributed by atoms with Crippen LogP contribution in [-0.4, -0.2) is 15.8 Å². The molecule has 4 heteroatoms. The van der Waals surface area contributed by atoms with E-state index in [4.69, 9.17) is 0 Å². The topological polar surface area (TPSA) is 49.8 Å². The summed E-state index contributed by atoms with van der Waals surface area (Å²) in [5.41, 5.74) is 2.39. The lowest BCUT2D eigenvalue weighted by molar-refractivity contribution is 0.508. The molecule has 0 spiro atoms. The van der Waals surface area contributed by atoms with Crippen molar-refractivity contribution in [3.05, 3.63) is 21.6 Å². The van der Waals surface area contributed by atoms with E-state index in [0.29, 0.717) is 12.1 Å². The minimum absolute atomic E-state index is 0.199. The molecule has 1 aromatic heterocycles. The van der Waals surface area contributed by atoms with Crippen LogP contribution in [0.25, 0.3) is 0 Å². The molecule has 0 radical (unpaired) electrons. The molecule has 0 saturated carbocycles. The van der Waals surface area contributed by atoms with Gasteiger partial charge >= 0.3 is 0 Å². The lowest BCUT2D eigenvalue weighted by Gasteiger charge is -2.19. The molecule has 2 aliphatic heterocycles. The van der Waals surface area contributed by atoms with E-state index in [1.165, 1.54) is 12.1 Å². The van der Waals surface area contributed by atoms with Crippen molar-refractivity contribution in [2.75, 3.05) is 0 Å². The molecule has 3 rings (SSSR count). The summed E-state index contributed by atoms with van der Waals surface area (Å²) in [4.78, 5) is 12.1. The summed E-state index contributed by atoms with van der Waals surface area (Å²) in [6, 6.07) is 0.913. The van der Waals surface area contributed by atoms with Crippen LogP contribution in [-0.2, 0) is 13.0 Å². The first-order chi connectivity index (χ1) is 7.29. The van der Waals surface area contributed by atoms with Crippen molar-refractivity contribution in [1.29, 1.82) is 0 Å². The average Bonchev–Trinajstić information content (AvgIpc) is 2.73. The monoisotopic (exact) mass is 207 g/mol. The summed E-state index contributed by atoms with van der Waals surface area (Å²) in [6.45, 7) is 2.90. The molecule has 15 heavy (non-hydrogen) atoms. The lowest BCUT2D eigenvalue weighted by Crippen LogP contribution is -2.34. The standard InChI is InChI=1S/C11H17N3O/c1-2-5-14-11(15)10-8-4-3-7(12-8)6-9(10)13-14/h7-8,12-13H,2-6H2,1H3. The zero-order valence-electron chi connectivity index (χ0n) is 9.05. The summed E-state index contributed by atoms with van der Waals surface area (Å²) >= 11 is 0. The van der Waals surface area contributed by atoms with Gasteiger partial charge in [0.2, 0.25) is 0 Å². The molecule has 2 N–H and O–H groups in total. The number of hydrogen-bond donors (Lipinski definition) is 2. The maximum absolute atomic E-state index is 12.1. The van der Waals surface area contributed by atoms with E-state index in [1.807, 2.05) is 0 Å². The van der Waals surface area contributed by atoms with Gasteiger partial charge in [-0.15, -0.1) is 0 Å². The highest BCUT2D eigenvalue weighted by atomic mass is 16.1. The normalized spacial score (nSPS) is 28.1. The van der Waals surface area contributed by atoms with E-state index in [-0.39, 0.29) is 5.56 Å². The minimum atomic E-state index is 0.199. The number of aromatic amines is 1. The van der Waals surface area contributed by atoms with E-state index >= 15 is 0 Å². The van der Waals surface area contributed by atoms with Crippen LogP contribution in [0.2, 0.25) is 0 Å². The van der Waals surface area contributed by atoms with Crippen LogP contribution in [0.5, 0.6) is 0 Å². The van der Waals surface area contributed by atoms with Crippen LogP contribution in [0.3, 0.4) is 0 Å². The van der Waals surface area contributed by atoms with Crippen molar-refractivity contribution in [3.8, 4) is 0 Å². The number of nitrogens with one attached hydrogen (secondary N) is 2. The number of H-pyrrole nitrogens is 1. The first-order valence-electron chi connectivity index (χ1n) is 5.87. The lowest BCUT2D eigenvalue weighted by atomic mass is 10.0. The summed E-state index contributed by atoms with van der Waals surface area (Å²) in [5.74, 6) is 0. The van der Waals surface area contributed by atoms with Crippen molar-refractivity contribution >= 4 is 0 Å². The van der Waals surface area contributed by atoms with Crippen molar-refractivity contribution < 1.29 is 0 Å². The van der Waals surface area contributed by atoms with E-state index in [9.17, 15) is 4.79 Å². The van der Waals surface area contributed by atoms with Crippen molar-refractivity contribution in [2.24, 2.45) is 0 Å². The van der Waals surface area contributed by atoms with Crippen LogP contribution in [0.4, 0.5) is 0 Å². The summed E-state index contributed by atoms with van der Waals surface area (Å²) in [6.07, 6.45) is 4.33. The first kappa shape index (κ1) is 9.21. The Balaban J connectivity index is 2.06. The summed E-state index contributed by atoms with van der Waals surface area (Å²) in [5, 5.41) is 6.78. The number of aryl methyl sites for hydroxylation is 1. The molecule has 4 nitrogen and oxygen atoms in total. The van der Waals surface area contributed by atoms with Crippen molar-refractivity contribution in [1.82, 2.24) is 15.1 Å². The van der Waals surface area contributed by atoms with E-state index in [0.717, 1.165) is 31.4 Å². The third kappa shape index (κ3) is 1.28. The first-order valence-corrected chi connectivity index (χ1v) is 5.87. The van der Waals surface area contributed by atoms with Gasteiger partial charge in [-0.3, -0.25) is 14.6 Å². The smallest absolute Gasteiger partial charge is 0.271 e. The molecule has 0 aromatic carbocycles. The SMILES string of the molecule is CCCn1[nH]c2c(c1=O)C1CCC(C2)N1. The molecular weight excluding hydrogens is 190 g/mol. The van der Waals surface area contributed by atoms with Crippen LogP contribution in [0.1, 0.15) is 43.5 Å². The Labute approximate surface area is 88.7 Å². The molecule has 1 saturated heterocycles. The van der Waals surface area contributed by atoms with Gasteiger partial charge in [0.1, 0.15) is 0 Å². The van der Waals surface area contributed by atoms with Crippen LogP contribution >= 0.6 is 0 Å². The molecule has 3 heterocycles. The third-order valence-corrected chi connectivity index (χ3v) is 3.56. The van der Waals surface area contributed by atoms with Gasteiger partial charge in [-0.1, -0.05) is 6.92 Å². The zero-order chi connectivity index (χ0) is 10.4. The maximum atomic E-state index is 12.1. The summed E-state index contributed by atoms with van der Waals surface area (Å²) in [7, 11) is 0. The fourth-order valence-corrected chi connectivity index (χ4v) is 2.90. The molecule has 0 amide bonds. The molecule has 1 aromatic rings. The van der Waals surface area contributed by atoms with Crippen LogP contribution in [0, 0.1) is 0 Å². The van der Waals surface area contributed by atoms with Crippen molar-refractivity contribution in [3.63, 3.8) is 0 Å². The maximum Gasteiger partial charge on any atom is 0.271 e. The Morgan fingerprint density at radius 1 is 1.47 bits per heavy atom. The predicted molar refractivity (Wildman–Crippen MR) is 57.9 cm³/mol. The number of nitrogens with zero attached hydrogens (tertiary/aromatic N) is 1. The molecule has 2 bridgehead atoms. The van der Waals surface area contributed by atoms with E-state index in [1.54, 1.807) is 4.68 Å². The van der Waals surface area contributed by atoms with Gasteiger partial charge < -0.3 is 5.32 Å². The molecule has 2 unspecified atom stereocenters. The largest absolute Gasteiger partial charge is 0.307 e. The number of hydrogen-bond acceptors (Lipinski definition) is 2. The van der Waals surface area contributed by atoms with E-state index in [2.05, 4.69) is 17.3 Å². The molecule has 82 valence electrons. The molecule has 2 atom stereocenters. The number of fused-ring (bicyclic) bond motifs is 4. The highest BCUT2D eigenvalue weighted by Gasteiger charge is 2.35. The Hall–Kier alpha value is -1.03.